The molecule has 0 saturated carbocycles. The van der Waals surface area contributed by atoms with E-state index in [0.717, 1.165) is 18.7 Å². The van der Waals surface area contributed by atoms with Gasteiger partial charge in [-0.3, -0.25) is 0 Å². The Morgan fingerprint density at radius 2 is 2.12 bits per heavy atom. The van der Waals surface area contributed by atoms with E-state index in [0.29, 0.717) is 11.4 Å². The molecule has 94 valence electrons. The van der Waals surface area contributed by atoms with Gasteiger partial charge in [-0.1, -0.05) is 12.1 Å². The van der Waals surface area contributed by atoms with Crippen molar-refractivity contribution in [2.45, 2.75) is 17.4 Å². The highest BCUT2D eigenvalue weighted by Gasteiger charge is 2.25. The van der Waals surface area contributed by atoms with Crippen molar-refractivity contribution in [3.63, 3.8) is 0 Å². The quantitative estimate of drug-likeness (QED) is 0.805. The van der Waals surface area contributed by atoms with Gasteiger partial charge >= 0.3 is 0 Å². The highest BCUT2D eigenvalue weighted by atomic mass is 32.2. The van der Waals surface area contributed by atoms with Gasteiger partial charge in [0.15, 0.2) is 0 Å². The number of nitrogens with zero attached hydrogens (tertiary/aromatic N) is 1. The van der Waals surface area contributed by atoms with Crippen LogP contribution < -0.4 is 15.4 Å². The molecule has 0 aromatic heterocycles. The smallest absolute Gasteiger partial charge is 0.242 e. The van der Waals surface area contributed by atoms with E-state index in [4.69, 9.17) is 5.73 Å². The fourth-order valence-electron chi connectivity index (χ4n) is 2.06. The standard InChI is InChI=1S/C11H17N3O2S/c1-13-17(15,16)11-5-3-2-4-10(11)14-7-6-9(12)8-14/h2-5,9,13H,6-8,12H2,1H3. The molecule has 0 spiro atoms. The van der Waals surface area contributed by atoms with Crippen LogP contribution in [0.3, 0.4) is 0 Å². The fraction of sp³-hybridized carbons (Fsp3) is 0.455. The van der Waals surface area contributed by atoms with Crippen LogP contribution in [0.4, 0.5) is 5.69 Å². The maximum atomic E-state index is 11.9. The SMILES string of the molecule is CNS(=O)(=O)c1ccccc1N1CCC(N)C1. The van der Waals surface area contributed by atoms with Crippen molar-refractivity contribution in [1.82, 2.24) is 4.72 Å². The highest BCUT2D eigenvalue weighted by Crippen LogP contribution is 2.27. The molecule has 1 aliphatic rings. The van der Waals surface area contributed by atoms with Gasteiger partial charge in [0, 0.05) is 19.1 Å². The molecule has 17 heavy (non-hydrogen) atoms. The number of nitrogens with one attached hydrogen (secondary N) is 1. The van der Waals surface area contributed by atoms with E-state index in [1.54, 1.807) is 12.1 Å². The zero-order valence-corrected chi connectivity index (χ0v) is 10.6. The van der Waals surface area contributed by atoms with Crippen LogP contribution in [0.2, 0.25) is 0 Å². The van der Waals surface area contributed by atoms with Crippen molar-refractivity contribution in [2.24, 2.45) is 5.73 Å². The van der Waals surface area contributed by atoms with E-state index in [2.05, 4.69) is 4.72 Å². The zero-order valence-electron chi connectivity index (χ0n) is 9.76. The van der Waals surface area contributed by atoms with E-state index in [1.807, 2.05) is 17.0 Å². The summed E-state index contributed by atoms with van der Waals surface area (Å²) in [5.74, 6) is 0. The average molecular weight is 255 g/mol. The number of para-hydroxylation sites is 1. The lowest BCUT2D eigenvalue weighted by Crippen LogP contribution is -2.28. The molecule has 3 N–H and O–H groups in total. The highest BCUT2D eigenvalue weighted by molar-refractivity contribution is 7.89. The molecule has 0 amide bonds. The van der Waals surface area contributed by atoms with Crippen LogP contribution >= 0.6 is 0 Å². The summed E-state index contributed by atoms with van der Waals surface area (Å²) in [6, 6.07) is 7.13. The maximum Gasteiger partial charge on any atom is 0.242 e. The van der Waals surface area contributed by atoms with Crippen molar-refractivity contribution >= 4 is 15.7 Å². The van der Waals surface area contributed by atoms with Gasteiger partial charge in [-0.2, -0.15) is 0 Å². The summed E-state index contributed by atoms with van der Waals surface area (Å²) in [5, 5.41) is 0. The third-order valence-corrected chi connectivity index (χ3v) is 4.45. The summed E-state index contributed by atoms with van der Waals surface area (Å²) in [7, 11) is -2.00. The topological polar surface area (TPSA) is 75.4 Å². The Hall–Kier alpha value is -1.11. The van der Waals surface area contributed by atoms with E-state index >= 15 is 0 Å². The normalized spacial score (nSPS) is 20.8. The van der Waals surface area contributed by atoms with Crippen molar-refractivity contribution in [2.75, 3.05) is 25.0 Å². The number of nitrogens with two attached hydrogens (primary N) is 1. The van der Waals surface area contributed by atoms with E-state index in [1.165, 1.54) is 7.05 Å². The monoisotopic (exact) mass is 255 g/mol. The lowest BCUT2D eigenvalue weighted by Gasteiger charge is -2.21. The molecule has 1 unspecified atom stereocenters. The van der Waals surface area contributed by atoms with Gasteiger partial charge in [-0.15, -0.1) is 0 Å². The molecule has 0 aliphatic carbocycles. The minimum Gasteiger partial charge on any atom is -0.369 e. The van der Waals surface area contributed by atoms with Crippen molar-refractivity contribution in [3.8, 4) is 0 Å². The molecule has 0 bridgehead atoms. The number of hydrogen-bond acceptors (Lipinski definition) is 4. The van der Waals surface area contributed by atoms with Crippen molar-refractivity contribution < 1.29 is 8.42 Å². The largest absolute Gasteiger partial charge is 0.369 e. The van der Waals surface area contributed by atoms with E-state index in [-0.39, 0.29) is 6.04 Å². The summed E-state index contributed by atoms with van der Waals surface area (Å²) in [6.45, 7) is 1.51. The minimum atomic E-state index is -3.42. The Balaban J connectivity index is 2.41. The lowest BCUT2D eigenvalue weighted by molar-refractivity contribution is 0.588. The van der Waals surface area contributed by atoms with Crippen LogP contribution in [0, 0.1) is 0 Å². The van der Waals surface area contributed by atoms with Gasteiger partial charge in [0.1, 0.15) is 4.90 Å². The first-order valence-electron chi connectivity index (χ1n) is 5.57. The molecule has 5 nitrogen and oxygen atoms in total. The Morgan fingerprint density at radius 1 is 1.41 bits per heavy atom. The molecule has 2 rings (SSSR count). The molecule has 1 aromatic carbocycles. The number of hydrogen-bond donors (Lipinski definition) is 2. The van der Waals surface area contributed by atoms with Gasteiger partial charge in [0.25, 0.3) is 0 Å². The minimum absolute atomic E-state index is 0.125. The summed E-state index contributed by atoms with van der Waals surface area (Å²) in [6.07, 6.45) is 0.897. The molecule has 1 atom stereocenters. The number of rotatable bonds is 3. The lowest BCUT2D eigenvalue weighted by atomic mass is 10.3. The van der Waals surface area contributed by atoms with Crippen LogP contribution in [0.25, 0.3) is 0 Å². The Morgan fingerprint density at radius 3 is 2.71 bits per heavy atom. The van der Waals surface area contributed by atoms with Gasteiger partial charge < -0.3 is 10.6 Å². The second-order valence-corrected chi connectivity index (χ2v) is 6.03. The first-order valence-corrected chi connectivity index (χ1v) is 7.06. The molecular weight excluding hydrogens is 238 g/mol. The van der Waals surface area contributed by atoms with Crippen molar-refractivity contribution in [3.05, 3.63) is 24.3 Å². The maximum absolute atomic E-state index is 11.9. The molecule has 0 radical (unpaired) electrons. The fourth-order valence-corrected chi connectivity index (χ4v) is 3.01. The molecule has 1 fully saturated rings. The predicted molar refractivity (Wildman–Crippen MR) is 67.5 cm³/mol. The molecule has 6 heteroatoms. The molecule has 1 aliphatic heterocycles. The second kappa shape index (κ2) is 4.64. The van der Waals surface area contributed by atoms with E-state index in [9.17, 15) is 8.42 Å². The van der Waals surface area contributed by atoms with E-state index < -0.39 is 10.0 Å². The predicted octanol–water partition coefficient (Wildman–Crippen LogP) is 0.132. The Labute approximate surface area is 102 Å². The summed E-state index contributed by atoms with van der Waals surface area (Å²) in [4.78, 5) is 2.34. The third kappa shape index (κ3) is 2.43. The van der Waals surface area contributed by atoms with Crippen LogP contribution in [-0.4, -0.2) is 34.6 Å². The molecule has 1 saturated heterocycles. The summed E-state index contributed by atoms with van der Waals surface area (Å²) < 4.78 is 26.1. The average Bonchev–Trinajstić information content (AvgIpc) is 2.76. The van der Waals surface area contributed by atoms with Gasteiger partial charge in [-0.25, -0.2) is 13.1 Å². The van der Waals surface area contributed by atoms with Gasteiger partial charge in [0.05, 0.1) is 5.69 Å². The second-order valence-electron chi connectivity index (χ2n) is 4.17. The van der Waals surface area contributed by atoms with Gasteiger partial charge in [-0.05, 0) is 25.6 Å². The van der Waals surface area contributed by atoms with Crippen molar-refractivity contribution in [1.29, 1.82) is 0 Å². The number of benzene rings is 1. The summed E-state index contributed by atoms with van der Waals surface area (Å²) >= 11 is 0. The third-order valence-electron chi connectivity index (χ3n) is 2.99. The molecular formula is C11H17N3O2S. The first kappa shape index (κ1) is 12.3. The van der Waals surface area contributed by atoms with Crippen LogP contribution in [0.1, 0.15) is 6.42 Å². The van der Waals surface area contributed by atoms with Gasteiger partial charge in [0.2, 0.25) is 10.0 Å². The zero-order chi connectivity index (χ0) is 12.5. The Bertz CT molecular complexity index is 501. The number of sulfonamides is 1. The number of anilines is 1. The van der Waals surface area contributed by atoms with Crippen LogP contribution in [0.15, 0.2) is 29.2 Å². The molecule has 1 aromatic rings. The Kier molecular flexibility index (Phi) is 3.37. The van der Waals surface area contributed by atoms with Crippen LogP contribution in [0.5, 0.6) is 0 Å². The van der Waals surface area contributed by atoms with Crippen LogP contribution in [-0.2, 0) is 10.0 Å². The summed E-state index contributed by atoms with van der Waals surface area (Å²) in [5.41, 5.74) is 6.58. The molecule has 1 heterocycles. The first-order chi connectivity index (χ1) is 8.04.